The van der Waals surface area contributed by atoms with Crippen LogP contribution in [-0.4, -0.2) is 11.9 Å². The first-order valence-corrected chi connectivity index (χ1v) is 3.55. The van der Waals surface area contributed by atoms with Crippen LogP contribution in [0.3, 0.4) is 0 Å². The SMILES string of the molecule is C=C1CC=CC2=C1C(=O)OC2=O. The van der Waals surface area contributed by atoms with Gasteiger partial charge in [-0.1, -0.05) is 18.7 Å². The second-order valence-electron chi connectivity index (χ2n) is 2.68. The summed E-state index contributed by atoms with van der Waals surface area (Å²) < 4.78 is 4.41. The zero-order valence-corrected chi connectivity index (χ0v) is 6.29. The van der Waals surface area contributed by atoms with Gasteiger partial charge in [0.25, 0.3) is 0 Å². The molecule has 0 bridgehead atoms. The van der Waals surface area contributed by atoms with E-state index in [0.29, 0.717) is 23.1 Å². The number of carbonyl (C=O) groups is 2. The van der Waals surface area contributed by atoms with Crippen LogP contribution in [0.4, 0.5) is 0 Å². The average Bonchev–Trinajstić information content (AvgIpc) is 2.29. The van der Waals surface area contributed by atoms with Crippen molar-refractivity contribution in [3.63, 3.8) is 0 Å². The van der Waals surface area contributed by atoms with Crippen LogP contribution >= 0.6 is 0 Å². The number of esters is 2. The van der Waals surface area contributed by atoms with Gasteiger partial charge in [-0.2, -0.15) is 0 Å². The first-order chi connectivity index (χ1) is 5.70. The van der Waals surface area contributed by atoms with E-state index in [-0.39, 0.29) is 0 Å². The van der Waals surface area contributed by atoms with Crippen LogP contribution in [0.15, 0.2) is 35.5 Å². The van der Waals surface area contributed by atoms with Crippen LogP contribution in [0, 0.1) is 0 Å². The molecular weight excluding hydrogens is 156 g/mol. The Morgan fingerprint density at radius 1 is 1.33 bits per heavy atom. The van der Waals surface area contributed by atoms with Crippen molar-refractivity contribution in [2.45, 2.75) is 6.42 Å². The van der Waals surface area contributed by atoms with Crippen LogP contribution in [0.1, 0.15) is 6.42 Å². The van der Waals surface area contributed by atoms with Crippen LogP contribution in [0.5, 0.6) is 0 Å². The molecule has 1 heterocycles. The van der Waals surface area contributed by atoms with Gasteiger partial charge < -0.3 is 4.74 Å². The van der Waals surface area contributed by atoms with Crippen LogP contribution in [0.25, 0.3) is 0 Å². The summed E-state index contributed by atoms with van der Waals surface area (Å²) in [5, 5.41) is 0. The Labute approximate surface area is 69.0 Å². The molecule has 3 heteroatoms. The van der Waals surface area contributed by atoms with E-state index in [0.717, 1.165) is 0 Å². The fourth-order valence-electron chi connectivity index (χ4n) is 1.31. The summed E-state index contributed by atoms with van der Waals surface area (Å²) in [6, 6.07) is 0. The third kappa shape index (κ3) is 0.763. The lowest BCUT2D eigenvalue weighted by Gasteiger charge is -2.04. The summed E-state index contributed by atoms with van der Waals surface area (Å²) in [5.41, 5.74) is 1.35. The fraction of sp³-hybridized carbons (Fsp3) is 0.111. The van der Waals surface area contributed by atoms with Crippen molar-refractivity contribution in [2.24, 2.45) is 0 Å². The van der Waals surface area contributed by atoms with Crippen molar-refractivity contribution < 1.29 is 14.3 Å². The van der Waals surface area contributed by atoms with E-state index in [9.17, 15) is 9.59 Å². The lowest BCUT2D eigenvalue weighted by molar-refractivity contribution is -0.150. The molecule has 12 heavy (non-hydrogen) atoms. The maximum Gasteiger partial charge on any atom is 0.347 e. The molecule has 0 fully saturated rings. The molecule has 0 radical (unpaired) electrons. The molecule has 2 rings (SSSR count). The van der Waals surface area contributed by atoms with E-state index < -0.39 is 11.9 Å². The first kappa shape index (κ1) is 7.03. The van der Waals surface area contributed by atoms with E-state index in [1.165, 1.54) is 0 Å². The summed E-state index contributed by atoms with van der Waals surface area (Å²) in [6.07, 6.45) is 4.01. The largest absolute Gasteiger partial charge is 0.386 e. The minimum absolute atomic E-state index is 0.344. The van der Waals surface area contributed by atoms with Crippen molar-refractivity contribution in [2.75, 3.05) is 0 Å². The summed E-state index contributed by atoms with van der Waals surface area (Å²) in [4.78, 5) is 22.0. The summed E-state index contributed by atoms with van der Waals surface area (Å²) in [6.45, 7) is 3.68. The molecule has 0 atom stereocenters. The molecule has 0 N–H and O–H groups in total. The molecule has 0 aromatic carbocycles. The predicted molar refractivity (Wildman–Crippen MR) is 41.0 cm³/mol. The molecule has 0 spiro atoms. The molecule has 0 amide bonds. The number of hydrogen-bond acceptors (Lipinski definition) is 3. The molecular formula is C9H6O3. The molecule has 0 unspecified atom stereocenters. The highest BCUT2D eigenvalue weighted by molar-refractivity contribution is 6.16. The quantitative estimate of drug-likeness (QED) is 0.392. The van der Waals surface area contributed by atoms with Gasteiger partial charge in [0.05, 0.1) is 11.1 Å². The Hall–Kier alpha value is -1.64. The zero-order valence-electron chi connectivity index (χ0n) is 6.29. The Morgan fingerprint density at radius 3 is 2.75 bits per heavy atom. The standard InChI is InChI=1S/C9H6O3/c1-5-3-2-4-6-7(5)9(11)12-8(6)10/h2,4H,1,3H2. The van der Waals surface area contributed by atoms with Crippen molar-refractivity contribution in [1.29, 1.82) is 0 Å². The fourth-order valence-corrected chi connectivity index (χ4v) is 1.31. The van der Waals surface area contributed by atoms with Gasteiger partial charge in [-0.25, -0.2) is 9.59 Å². The molecule has 60 valence electrons. The van der Waals surface area contributed by atoms with E-state index in [1.54, 1.807) is 12.2 Å². The average molecular weight is 162 g/mol. The Bertz CT molecular complexity index is 348. The topological polar surface area (TPSA) is 43.4 Å². The minimum Gasteiger partial charge on any atom is -0.386 e. The van der Waals surface area contributed by atoms with E-state index in [4.69, 9.17) is 0 Å². The molecule has 0 saturated carbocycles. The third-order valence-electron chi connectivity index (χ3n) is 1.88. The number of ether oxygens (including phenoxy) is 1. The molecule has 0 aromatic heterocycles. The number of rotatable bonds is 0. The highest BCUT2D eigenvalue weighted by Crippen LogP contribution is 2.29. The van der Waals surface area contributed by atoms with Crippen LogP contribution in [0.2, 0.25) is 0 Å². The third-order valence-corrected chi connectivity index (χ3v) is 1.88. The van der Waals surface area contributed by atoms with Crippen molar-refractivity contribution in [1.82, 2.24) is 0 Å². The maximum absolute atomic E-state index is 11.0. The maximum atomic E-state index is 11.0. The molecule has 0 aromatic rings. The molecule has 1 aliphatic heterocycles. The molecule has 1 aliphatic carbocycles. The van der Waals surface area contributed by atoms with Gasteiger partial charge in [-0.05, 0) is 12.0 Å². The molecule has 0 saturated heterocycles. The summed E-state index contributed by atoms with van der Waals surface area (Å²) >= 11 is 0. The summed E-state index contributed by atoms with van der Waals surface area (Å²) in [5.74, 6) is -1.13. The van der Waals surface area contributed by atoms with E-state index in [2.05, 4.69) is 11.3 Å². The van der Waals surface area contributed by atoms with Crippen molar-refractivity contribution in [3.8, 4) is 0 Å². The highest BCUT2D eigenvalue weighted by atomic mass is 16.6. The van der Waals surface area contributed by atoms with Gasteiger partial charge in [0.1, 0.15) is 0 Å². The molecule has 3 nitrogen and oxygen atoms in total. The number of carbonyl (C=O) groups excluding carboxylic acids is 2. The number of cyclic esters (lactones) is 2. The monoisotopic (exact) mass is 162 g/mol. The molecule has 2 aliphatic rings. The highest BCUT2D eigenvalue weighted by Gasteiger charge is 2.33. The van der Waals surface area contributed by atoms with Gasteiger partial charge >= 0.3 is 11.9 Å². The van der Waals surface area contributed by atoms with Gasteiger partial charge in [0.15, 0.2) is 0 Å². The van der Waals surface area contributed by atoms with Crippen molar-refractivity contribution in [3.05, 3.63) is 35.5 Å². The van der Waals surface area contributed by atoms with E-state index in [1.807, 2.05) is 0 Å². The Morgan fingerprint density at radius 2 is 2.08 bits per heavy atom. The lowest BCUT2D eigenvalue weighted by atomic mass is 9.95. The Kier molecular flexibility index (Phi) is 1.27. The van der Waals surface area contributed by atoms with Gasteiger partial charge in [-0.3, -0.25) is 0 Å². The number of hydrogen-bond donors (Lipinski definition) is 0. The predicted octanol–water partition coefficient (Wildman–Crippen LogP) is 0.882. The minimum atomic E-state index is -0.565. The Balaban J connectivity index is 2.59. The second-order valence-corrected chi connectivity index (χ2v) is 2.68. The lowest BCUT2D eigenvalue weighted by Crippen LogP contribution is -2.02. The second kappa shape index (κ2) is 2.17. The smallest absolute Gasteiger partial charge is 0.347 e. The zero-order chi connectivity index (χ0) is 8.72. The first-order valence-electron chi connectivity index (χ1n) is 3.55. The van der Waals surface area contributed by atoms with Gasteiger partial charge in [-0.15, -0.1) is 0 Å². The normalized spacial score (nSPS) is 21.5. The van der Waals surface area contributed by atoms with Crippen LogP contribution in [-0.2, 0) is 14.3 Å². The van der Waals surface area contributed by atoms with E-state index >= 15 is 0 Å². The number of allylic oxidation sites excluding steroid dienone is 1. The van der Waals surface area contributed by atoms with Crippen LogP contribution < -0.4 is 0 Å². The van der Waals surface area contributed by atoms with Gasteiger partial charge in [0, 0.05) is 0 Å². The van der Waals surface area contributed by atoms with Crippen molar-refractivity contribution >= 4 is 11.9 Å². The van der Waals surface area contributed by atoms with Gasteiger partial charge in [0.2, 0.25) is 0 Å². The summed E-state index contributed by atoms with van der Waals surface area (Å²) in [7, 11) is 0.